The number of aliphatic hydroxyl groups is 1. The predicted molar refractivity (Wildman–Crippen MR) is 100 cm³/mol. The smallest absolute Gasteiger partial charge is 0.276 e. The molecule has 0 spiro atoms. The fourth-order valence-corrected chi connectivity index (χ4v) is 2.88. The van der Waals surface area contributed by atoms with Crippen molar-refractivity contribution in [1.29, 1.82) is 5.41 Å². The number of nitrogens with zero attached hydrogens (tertiary/aromatic N) is 2. The molecule has 8 nitrogen and oxygen atoms in total. The van der Waals surface area contributed by atoms with Crippen molar-refractivity contribution in [2.45, 2.75) is 0 Å². The first-order valence-electron chi connectivity index (χ1n) is 8.43. The van der Waals surface area contributed by atoms with Crippen LogP contribution in [0.15, 0.2) is 54.3 Å². The Morgan fingerprint density at radius 3 is 2.82 bits per heavy atom. The number of carbonyl (C=O) groups excluding carboxylic acids is 1. The van der Waals surface area contributed by atoms with Crippen LogP contribution in [0, 0.1) is 11.2 Å². The summed E-state index contributed by atoms with van der Waals surface area (Å²) in [5, 5.41) is 19.7. The molecule has 2 aromatic carbocycles. The van der Waals surface area contributed by atoms with Gasteiger partial charge in [0.15, 0.2) is 24.0 Å². The van der Waals surface area contributed by atoms with Gasteiger partial charge in [-0.25, -0.2) is 9.37 Å². The maximum absolute atomic E-state index is 13.5. The van der Waals surface area contributed by atoms with E-state index in [4.69, 9.17) is 10.1 Å². The van der Waals surface area contributed by atoms with Crippen LogP contribution in [0.2, 0.25) is 0 Å². The van der Waals surface area contributed by atoms with Gasteiger partial charge in [0.1, 0.15) is 17.2 Å². The highest BCUT2D eigenvalue weighted by atomic mass is 19.1. The van der Waals surface area contributed by atoms with Crippen molar-refractivity contribution >= 4 is 28.3 Å². The number of amides is 1. The minimum Gasteiger partial charge on any atom is -0.509 e. The Labute approximate surface area is 158 Å². The van der Waals surface area contributed by atoms with Crippen LogP contribution in [0.4, 0.5) is 4.39 Å². The van der Waals surface area contributed by atoms with E-state index < -0.39 is 18.3 Å². The first-order chi connectivity index (χ1) is 13.5. The highest BCUT2D eigenvalue weighted by Crippen LogP contribution is 2.26. The van der Waals surface area contributed by atoms with E-state index in [1.54, 1.807) is 6.07 Å². The summed E-state index contributed by atoms with van der Waals surface area (Å²) < 4.78 is 18.7. The molecule has 9 heteroatoms. The fraction of sp³-hybridized carbons (Fsp3) is 0.105. The van der Waals surface area contributed by atoms with E-state index in [0.717, 1.165) is 5.52 Å². The van der Waals surface area contributed by atoms with E-state index in [1.807, 2.05) is 24.3 Å². The van der Waals surface area contributed by atoms with E-state index in [-0.39, 0.29) is 29.5 Å². The number of amidine groups is 1. The molecule has 0 radical (unpaired) electrons. The number of ether oxygens (including phenoxy) is 1. The number of aliphatic hydroxyl groups excluding tert-OH is 1. The zero-order valence-electron chi connectivity index (χ0n) is 14.6. The van der Waals surface area contributed by atoms with E-state index in [1.165, 1.54) is 23.2 Å². The van der Waals surface area contributed by atoms with Gasteiger partial charge in [-0.05, 0) is 24.3 Å². The summed E-state index contributed by atoms with van der Waals surface area (Å²) >= 11 is 0. The normalized spacial score (nSPS) is 14.0. The molecule has 0 saturated heterocycles. The zero-order chi connectivity index (χ0) is 19.7. The first kappa shape index (κ1) is 17.5. The third kappa shape index (κ3) is 3.25. The molecule has 2 heterocycles. The molecule has 1 amide bonds. The standard InChI is InChI=1S/C19H16FN5O3/c20-11-5-1-4-8-15(11)28-10-16(27)24-25-9-14(26)17(18(25)21)19-22-12-6-2-3-7-13(12)23-19/h1-8,21,26H,9-10H2,(H,22,23)(H,24,27). The number of H-pyrrole nitrogens is 1. The van der Waals surface area contributed by atoms with Crippen LogP contribution >= 0.6 is 0 Å². The quantitative estimate of drug-likeness (QED) is 0.542. The van der Waals surface area contributed by atoms with E-state index >= 15 is 0 Å². The molecule has 0 fully saturated rings. The highest BCUT2D eigenvalue weighted by molar-refractivity contribution is 6.23. The average molecular weight is 381 g/mol. The van der Waals surface area contributed by atoms with Gasteiger partial charge in [-0.1, -0.05) is 24.3 Å². The third-order valence-corrected chi connectivity index (χ3v) is 4.18. The molecule has 28 heavy (non-hydrogen) atoms. The van der Waals surface area contributed by atoms with Crippen LogP contribution in [0.25, 0.3) is 16.6 Å². The lowest BCUT2D eigenvalue weighted by Gasteiger charge is -2.19. The lowest BCUT2D eigenvalue weighted by Crippen LogP contribution is -2.45. The number of benzene rings is 2. The maximum Gasteiger partial charge on any atom is 0.276 e. The molecular weight excluding hydrogens is 365 g/mol. The van der Waals surface area contributed by atoms with Crippen molar-refractivity contribution in [3.63, 3.8) is 0 Å². The lowest BCUT2D eigenvalue weighted by atomic mass is 10.2. The van der Waals surface area contributed by atoms with Crippen LogP contribution in [-0.2, 0) is 4.79 Å². The highest BCUT2D eigenvalue weighted by Gasteiger charge is 2.31. The molecule has 0 aliphatic carbocycles. The summed E-state index contributed by atoms with van der Waals surface area (Å²) in [5.74, 6) is -1.08. The summed E-state index contributed by atoms with van der Waals surface area (Å²) in [6.07, 6.45) is 0. The molecule has 0 unspecified atom stereocenters. The van der Waals surface area contributed by atoms with Crippen molar-refractivity contribution in [3.05, 3.63) is 65.9 Å². The number of nitrogens with one attached hydrogen (secondary N) is 3. The minimum absolute atomic E-state index is 0.0434. The van der Waals surface area contributed by atoms with Crippen LogP contribution in [0.5, 0.6) is 5.75 Å². The minimum atomic E-state index is -0.591. The van der Waals surface area contributed by atoms with Crippen molar-refractivity contribution in [2.24, 2.45) is 0 Å². The second-order valence-corrected chi connectivity index (χ2v) is 6.11. The van der Waals surface area contributed by atoms with Crippen LogP contribution in [0.3, 0.4) is 0 Å². The number of fused-ring (bicyclic) bond motifs is 1. The second-order valence-electron chi connectivity index (χ2n) is 6.11. The van der Waals surface area contributed by atoms with E-state index in [0.29, 0.717) is 11.3 Å². The monoisotopic (exact) mass is 381 g/mol. The van der Waals surface area contributed by atoms with E-state index in [2.05, 4.69) is 15.4 Å². The summed E-state index contributed by atoms with van der Waals surface area (Å²) in [6.45, 7) is -0.526. The van der Waals surface area contributed by atoms with Gasteiger partial charge in [0.25, 0.3) is 5.91 Å². The van der Waals surface area contributed by atoms with Crippen LogP contribution in [-0.4, -0.2) is 45.0 Å². The van der Waals surface area contributed by atoms with Crippen molar-refractivity contribution in [1.82, 2.24) is 20.4 Å². The number of hydrogen-bond donors (Lipinski definition) is 4. The number of rotatable bonds is 5. The van der Waals surface area contributed by atoms with Crippen molar-refractivity contribution < 1.29 is 19.0 Å². The van der Waals surface area contributed by atoms with Crippen LogP contribution < -0.4 is 10.2 Å². The molecular formula is C19H16FN5O3. The molecule has 142 valence electrons. The Kier molecular flexibility index (Phi) is 4.40. The zero-order valence-corrected chi connectivity index (χ0v) is 14.6. The molecule has 1 aromatic heterocycles. The Hall–Kier alpha value is -3.88. The Morgan fingerprint density at radius 2 is 2.04 bits per heavy atom. The van der Waals surface area contributed by atoms with Gasteiger partial charge >= 0.3 is 0 Å². The number of halogens is 1. The van der Waals surface area contributed by atoms with Gasteiger partial charge in [0.2, 0.25) is 0 Å². The molecule has 0 saturated carbocycles. The molecule has 3 aromatic rings. The van der Waals surface area contributed by atoms with Gasteiger partial charge in [-0.15, -0.1) is 0 Å². The second kappa shape index (κ2) is 7.03. The SMILES string of the molecule is N=C1C(c2nc3ccccc3[nH]2)=C(O)CN1NC(=O)COc1ccccc1F. The molecule has 4 rings (SSSR count). The fourth-order valence-electron chi connectivity index (χ4n) is 2.88. The number of aromatic nitrogens is 2. The number of hydrogen-bond acceptors (Lipinski definition) is 5. The molecule has 1 aliphatic rings. The van der Waals surface area contributed by atoms with Crippen LogP contribution in [0.1, 0.15) is 5.82 Å². The number of para-hydroxylation sites is 3. The number of imidazole rings is 1. The summed E-state index contributed by atoms with van der Waals surface area (Å²) in [6, 6.07) is 13.1. The van der Waals surface area contributed by atoms with Gasteiger partial charge in [-0.3, -0.25) is 20.6 Å². The number of aromatic amines is 1. The summed E-state index contributed by atoms with van der Waals surface area (Å²) in [4.78, 5) is 19.5. The summed E-state index contributed by atoms with van der Waals surface area (Å²) in [7, 11) is 0. The van der Waals surface area contributed by atoms with Gasteiger partial charge in [-0.2, -0.15) is 0 Å². The van der Waals surface area contributed by atoms with Crippen molar-refractivity contribution in [2.75, 3.05) is 13.2 Å². The van der Waals surface area contributed by atoms with Crippen molar-refractivity contribution in [3.8, 4) is 5.75 Å². The molecule has 0 bridgehead atoms. The Morgan fingerprint density at radius 1 is 1.29 bits per heavy atom. The van der Waals surface area contributed by atoms with Gasteiger partial charge in [0, 0.05) is 0 Å². The maximum atomic E-state index is 13.5. The average Bonchev–Trinajstić information content (AvgIpc) is 3.21. The molecule has 0 atom stereocenters. The number of carbonyl (C=O) groups is 1. The van der Waals surface area contributed by atoms with Gasteiger partial charge < -0.3 is 14.8 Å². The molecule has 4 N–H and O–H groups in total. The predicted octanol–water partition coefficient (Wildman–Crippen LogP) is 2.37. The number of hydrazine groups is 1. The molecule has 1 aliphatic heterocycles. The van der Waals surface area contributed by atoms with Gasteiger partial charge in [0.05, 0.1) is 17.6 Å². The Bertz CT molecular complexity index is 1070. The first-order valence-corrected chi connectivity index (χ1v) is 8.43. The summed E-state index contributed by atoms with van der Waals surface area (Å²) in [5.41, 5.74) is 4.13. The largest absolute Gasteiger partial charge is 0.509 e. The third-order valence-electron chi connectivity index (χ3n) is 4.18. The topological polar surface area (TPSA) is 114 Å². The van der Waals surface area contributed by atoms with E-state index in [9.17, 15) is 14.3 Å². The Balaban J connectivity index is 1.43. The lowest BCUT2D eigenvalue weighted by molar-refractivity contribution is -0.126.